The van der Waals surface area contributed by atoms with E-state index in [2.05, 4.69) is 30.4 Å². The molecule has 262 valence electrons. The Morgan fingerprint density at radius 2 is 2.10 bits per heavy atom. The zero-order chi connectivity index (χ0) is 35.0. The van der Waals surface area contributed by atoms with Crippen LogP contribution in [0.3, 0.4) is 0 Å². The first kappa shape index (κ1) is 35.4. The van der Waals surface area contributed by atoms with E-state index in [4.69, 9.17) is 25.6 Å². The number of benzene rings is 1. The Balaban J connectivity index is 1.29. The van der Waals surface area contributed by atoms with Crippen LogP contribution in [-0.2, 0) is 40.3 Å². The maximum Gasteiger partial charge on any atom is 0.418 e. The number of fused-ring (bicyclic) bond motifs is 1. The van der Waals surface area contributed by atoms with Gasteiger partial charge in [-0.1, -0.05) is 0 Å². The van der Waals surface area contributed by atoms with Gasteiger partial charge in [-0.25, -0.2) is 9.78 Å². The molecule has 48 heavy (non-hydrogen) atoms. The Bertz CT molecular complexity index is 1710. The summed E-state index contributed by atoms with van der Waals surface area (Å²) < 4.78 is 41.8. The van der Waals surface area contributed by atoms with Gasteiger partial charge in [-0.05, 0) is 82.8 Å². The number of β-lactam (4-membered cyclic amide) rings is 1. The van der Waals surface area contributed by atoms with E-state index in [1.807, 2.05) is 6.07 Å². The van der Waals surface area contributed by atoms with Crippen LogP contribution in [0.15, 0.2) is 28.6 Å². The average molecular weight is 711 g/mol. The number of amidine groups is 1. The van der Waals surface area contributed by atoms with Gasteiger partial charge >= 0.3 is 16.4 Å². The van der Waals surface area contributed by atoms with E-state index in [9.17, 15) is 27.9 Å². The monoisotopic (exact) mass is 710 g/mol. The fourth-order valence-corrected chi connectivity index (χ4v) is 6.72. The number of aromatic nitrogens is 1. The molecule has 0 aliphatic carbocycles. The third kappa shape index (κ3) is 7.38. The Labute approximate surface area is 280 Å². The van der Waals surface area contributed by atoms with Crippen LogP contribution in [0.25, 0.3) is 0 Å². The molecule has 2 aromatic rings. The summed E-state index contributed by atoms with van der Waals surface area (Å²) in [4.78, 5) is 53.2. The van der Waals surface area contributed by atoms with Crippen molar-refractivity contribution in [3.8, 4) is 5.75 Å². The van der Waals surface area contributed by atoms with Crippen LogP contribution in [0.1, 0.15) is 56.5 Å². The molecule has 18 nitrogen and oxygen atoms in total. The Morgan fingerprint density at radius 3 is 2.71 bits per heavy atom. The van der Waals surface area contributed by atoms with Crippen LogP contribution in [-0.4, -0.2) is 94.7 Å². The van der Waals surface area contributed by atoms with E-state index < -0.39 is 57.5 Å². The first-order valence-corrected chi connectivity index (χ1v) is 17.2. The van der Waals surface area contributed by atoms with E-state index in [1.165, 1.54) is 26.2 Å². The number of ether oxygens (including phenoxy) is 1. The number of aryl methyl sites for hydroxylation is 1. The van der Waals surface area contributed by atoms with Gasteiger partial charge in [0.2, 0.25) is 11.5 Å². The number of carboxylic acids is 1. The van der Waals surface area contributed by atoms with Gasteiger partial charge in [0.05, 0.1) is 11.2 Å². The molecule has 0 saturated carbocycles. The molecular formula is C28H38N8O10S2. The first-order valence-electron chi connectivity index (χ1n) is 15.0. The Hall–Kier alpha value is -3.92. The summed E-state index contributed by atoms with van der Waals surface area (Å²) in [7, 11) is -5.01. The minimum absolute atomic E-state index is 0.0595. The molecule has 0 bridgehead atoms. The number of carbonyl (C=O) groups excluding carboxylic acids is 2. The van der Waals surface area contributed by atoms with Crippen LogP contribution < -0.4 is 32.3 Å². The molecule has 2 amide bonds. The zero-order valence-corrected chi connectivity index (χ0v) is 28.0. The fourth-order valence-electron chi connectivity index (χ4n) is 5.68. The number of nitrogens with zero attached hydrogens (tertiary/aromatic N) is 3. The van der Waals surface area contributed by atoms with E-state index in [0.717, 1.165) is 42.0 Å². The zero-order valence-electron chi connectivity index (χ0n) is 26.3. The molecule has 9 N–H and O–H groups in total. The topological polar surface area (TPSA) is 270 Å². The molecule has 20 heteroatoms. The highest BCUT2D eigenvalue weighted by atomic mass is 32.3. The van der Waals surface area contributed by atoms with Crippen LogP contribution in [0.5, 0.6) is 5.75 Å². The standard InChI is InChI=1S/C28H38N8O10S2/c1-27(2)21(24(38)36(27)46-48(41,42)43)34-23(37)20(17-13-47-26(30)33-17)35-45-28(3,25(39)40)19-7-5-15-10-16(4-6-18(15)44-19)22(29)32-12-14-8-9-31-11-14/h4,6,10,13-14,19-21,31,35H,5,7-9,11-12H2,1-3H3,(H2,29,32)(H2,30,33)(H,34,37)(H,39,40)(H,41,42,43)/t14-,19+,20?,21+,28-/m0/s1. The molecule has 1 aromatic heterocycles. The number of nitrogens with one attached hydrogen (secondary N) is 3. The van der Waals surface area contributed by atoms with Crippen molar-refractivity contribution in [1.82, 2.24) is 26.2 Å². The molecule has 5 rings (SSSR count). The maximum absolute atomic E-state index is 13.5. The Morgan fingerprint density at radius 1 is 1.35 bits per heavy atom. The smallest absolute Gasteiger partial charge is 0.418 e. The SMILES string of the molecule is CC1(C)[C@H](NC(=O)C(NO[C@](C)(C(=O)O)[C@H]2CCc3cc(C(N)=NC[C@H]4CCNC4)ccc3O2)c2csc(N)n2)C(=O)N1OS(=O)(=O)O. The number of amides is 2. The molecule has 2 saturated heterocycles. The normalized spacial score (nSPS) is 24.2. The lowest BCUT2D eigenvalue weighted by Crippen LogP contribution is -2.77. The second kappa shape index (κ2) is 13.5. The molecule has 4 heterocycles. The van der Waals surface area contributed by atoms with Crippen LogP contribution >= 0.6 is 11.3 Å². The number of carbonyl (C=O) groups is 3. The highest BCUT2D eigenvalue weighted by Gasteiger charge is 2.58. The predicted molar refractivity (Wildman–Crippen MR) is 171 cm³/mol. The average Bonchev–Trinajstić information content (AvgIpc) is 3.72. The highest BCUT2D eigenvalue weighted by molar-refractivity contribution is 7.80. The number of aliphatic carboxylic acids is 1. The van der Waals surface area contributed by atoms with Gasteiger partial charge in [-0.3, -0.25) is 24.0 Å². The van der Waals surface area contributed by atoms with Gasteiger partial charge < -0.3 is 31.9 Å². The largest absolute Gasteiger partial charge is 0.486 e. The third-order valence-electron chi connectivity index (χ3n) is 8.64. The van der Waals surface area contributed by atoms with E-state index in [-0.39, 0.29) is 17.2 Å². The number of hydrogen-bond acceptors (Lipinski definition) is 14. The molecule has 1 aromatic carbocycles. The van der Waals surface area contributed by atoms with Crippen molar-refractivity contribution in [2.75, 3.05) is 25.4 Å². The van der Waals surface area contributed by atoms with Gasteiger partial charge in [0.15, 0.2) is 11.2 Å². The molecule has 2 fully saturated rings. The first-order chi connectivity index (χ1) is 22.5. The molecule has 3 aliphatic rings. The summed E-state index contributed by atoms with van der Waals surface area (Å²) >= 11 is 1.01. The quantitative estimate of drug-likeness (QED) is 0.0461. The van der Waals surface area contributed by atoms with Crippen molar-refractivity contribution in [3.05, 3.63) is 40.4 Å². The molecule has 0 radical (unpaired) electrons. The summed E-state index contributed by atoms with van der Waals surface area (Å²) in [5.41, 5.74) is 12.7. The van der Waals surface area contributed by atoms with E-state index in [0.29, 0.717) is 35.5 Å². The number of thiazole rings is 1. The van der Waals surface area contributed by atoms with Crippen molar-refractivity contribution in [1.29, 1.82) is 0 Å². The van der Waals surface area contributed by atoms with Gasteiger partial charge in [-0.15, -0.1) is 15.6 Å². The van der Waals surface area contributed by atoms with Crippen molar-refractivity contribution in [2.45, 2.75) is 69.4 Å². The highest BCUT2D eigenvalue weighted by Crippen LogP contribution is 2.36. The predicted octanol–water partition coefficient (Wildman–Crippen LogP) is -0.320. The summed E-state index contributed by atoms with van der Waals surface area (Å²) in [6, 6.07) is 2.56. The van der Waals surface area contributed by atoms with Crippen LogP contribution in [0.4, 0.5) is 5.13 Å². The van der Waals surface area contributed by atoms with Gasteiger partial charge in [0.25, 0.3) is 5.91 Å². The van der Waals surface area contributed by atoms with Gasteiger partial charge in [0, 0.05) is 17.5 Å². The minimum Gasteiger partial charge on any atom is -0.486 e. The lowest BCUT2D eigenvalue weighted by atomic mass is 9.84. The fraction of sp³-hybridized carbons (Fsp3) is 0.536. The number of nitrogen functional groups attached to an aromatic ring is 1. The van der Waals surface area contributed by atoms with Gasteiger partial charge in [0.1, 0.15) is 23.7 Å². The number of carboxylic acid groups (broad SMARTS) is 1. The molecular weight excluding hydrogens is 672 g/mol. The summed E-state index contributed by atoms with van der Waals surface area (Å²) in [5.74, 6) is -1.93. The molecule has 3 aliphatic heterocycles. The molecule has 0 spiro atoms. The molecule has 1 unspecified atom stereocenters. The number of aliphatic imine (C=N–C) groups is 1. The second-order valence-corrected chi connectivity index (χ2v) is 14.4. The van der Waals surface area contributed by atoms with Crippen molar-refractivity contribution < 1.29 is 46.3 Å². The second-order valence-electron chi connectivity index (χ2n) is 12.5. The van der Waals surface area contributed by atoms with Crippen molar-refractivity contribution >= 4 is 50.5 Å². The Kier molecular flexibility index (Phi) is 9.98. The number of rotatable bonds is 13. The number of anilines is 1. The van der Waals surface area contributed by atoms with Crippen molar-refractivity contribution in [3.63, 3.8) is 0 Å². The lowest BCUT2D eigenvalue weighted by molar-refractivity contribution is -0.219. The third-order valence-corrected chi connectivity index (χ3v) is 9.67. The summed E-state index contributed by atoms with van der Waals surface area (Å²) in [6.45, 7) is 6.58. The number of nitrogens with two attached hydrogens (primary N) is 2. The van der Waals surface area contributed by atoms with Gasteiger partial charge in [-0.2, -0.15) is 19.0 Å². The summed E-state index contributed by atoms with van der Waals surface area (Å²) in [5, 5.41) is 18.0. The molecule has 5 atom stereocenters. The maximum atomic E-state index is 13.5. The minimum atomic E-state index is -5.01. The lowest BCUT2D eigenvalue weighted by Gasteiger charge is -2.50. The van der Waals surface area contributed by atoms with Crippen LogP contribution in [0.2, 0.25) is 0 Å². The van der Waals surface area contributed by atoms with Crippen molar-refractivity contribution in [2.24, 2.45) is 16.6 Å². The number of hydroxylamine groups is 3. The number of hydrogen-bond donors (Lipinski definition) is 7. The van der Waals surface area contributed by atoms with E-state index >= 15 is 0 Å². The van der Waals surface area contributed by atoms with Crippen LogP contribution in [0, 0.1) is 5.92 Å². The summed E-state index contributed by atoms with van der Waals surface area (Å²) in [6.07, 6.45) is 0.711. The van der Waals surface area contributed by atoms with E-state index in [1.54, 1.807) is 12.1 Å².